The predicted molar refractivity (Wildman–Crippen MR) is 79.5 cm³/mol. The van der Waals surface area contributed by atoms with E-state index in [-0.39, 0.29) is 17.9 Å². The highest BCUT2D eigenvalue weighted by Gasteiger charge is 2.12. The van der Waals surface area contributed by atoms with Crippen molar-refractivity contribution in [3.05, 3.63) is 35.4 Å². The van der Waals surface area contributed by atoms with E-state index in [0.29, 0.717) is 18.7 Å². The molecule has 6 heteroatoms. The van der Waals surface area contributed by atoms with E-state index >= 15 is 0 Å². The second-order valence-corrected chi connectivity index (χ2v) is 4.79. The number of nitrogens with zero attached hydrogens (tertiary/aromatic N) is 1. The molecule has 0 fully saturated rings. The molecule has 6 nitrogen and oxygen atoms in total. The summed E-state index contributed by atoms with van der Waals surface area (Å²) in [6.07, 6.45) is 0.0737. The van der Waals surface area contributed by atoms with Crippen molar-refractivity contribution in [3.8, 4) is 0 Å². The molecule has 1 rings (SSSR count). The van der Waals surface area contributed by atoms with E-state index in [0.717, 1.165) is 13.1 Å². The van der Waals surface area contributed by atoms with Gasteiger partial charge in [0, 0.05) is 26.7 Å². The Hall–Kier alpha value is -1.92. The molecule has 0 heterocycles. The maximum atomic E-state index is 11.8. The van der Waals surface area contributed by atoms with Crippen molar-refractivity contribution in [1.29, 1.82) is 0 Å². The van der Waals surface area contributed by atoms with E-state index in [1.807, 2.05) is 7.05 Å². The number of aromatic carboxylic acids is 1. The van der Waals surface area contributed by atoms with Crippen LogP contribution in [0.2, 0.25) is 0 Å². The zero-order chi connectivity index (χ0) is 15.7. The number of carbonyl (C=O) groups is 2. The van der Waals surface area contributed by atoms with Crippen molar-refractivity contribution < 1.29 is 19.4 Å². The van der Waals surface area contributed by atoms with E-state index in [1.54, 1.807) is 25.3 Å². The van der Waals surface area contributed by atoms with Gasteiger partial charge in [-0.3, -0.25) is 4.79 Å². The number of ether oxygens (including phenoxy) is 1. The van der Waals surface area contributed by atoms with Crippen LogP contribution in [0.1, 0.15) is 15.9 Å². The van der Waals surface area contributed by atoms with Crippen LogP contribution in [0.5, 0.6) is 0 Å². The summed E-state index contributed by atoms with van der Waals surface area (Å²) in [7, 11) is 3.60. The molecule has 2 N–H and O–H groups in total. The smallest absolute Gasteiger partial charge is 0.335 e. The molecule has 21 heavy (non-hydrogen) atoms. The van der Waals surface area contributed by atoms with Crippen LogP contribution < -0.4 is 5.32 Å². The number of rotatable bonds is 9. The molecule has 0 atom stereocenters. The fourth-order valence-electron chi connectivity index (χ4n) is 1.86. The van der Waals surface area contributed by atoms with Crippen molar-refractivity contribution >= 4 is 11.9 Å². The molecule has 0 aromatic heterocycles. The molecule has 0 aliphatic heterocycles. The quantitative estimate of drug-likeness (QED) is 0.698. The number of benzene rings is 1. The maximum absolute atomic E-state index is 11.8. The van der Waals surface area contributed by atoms with Gasteiger partial charge in [0.05, 0.1) is 18.6 Å². The second-order valence-electron chi connectivity index (χ2n) is 4.79. The third-order valence-electron chi connectivity index (χ3n) is 3.09. The SMILES string of the molecule is COCCN(C)CCNC(=O)Cc1ccccc1C(=O)O. The standard InChI is InChI=1S/C15H22N2O4/c1-17(9-10-21-2)8-7-16-14(18)11-12-5-3-4-6-13(12)15(19)20/h3-6H,7-11H2,1-2H3,(H,16,18)(H,19,20). The van der Waals surface area contributed by atoms with Gasteiger partial charge in [0.2, 0.25) is 5.91 Å². The largest absolute Gasteiger partial charge is 0.478 e. The average molecular weight is 294 g/mol. The molecule has 0 aliphatic carbocycles. The lowest BCUT2D eigenvalue weighted by atomic mass is 10.0. The van der Waals surface area contributed by atoms with Gasteiger partial charge < -0.3 is 20.1 Å². The number of likely N-dealkylation sites (N-methyl/N-ethyl adjacent to an activating group) is 1. The highest BCUT2D eigenvalue weighted by molar-refractivity contribution is 5.91. The number of carboxylic acids is 1. The number of methoxy groups -OCH3 is 1. The number of nitrogens with one attached hydrogen (secondary N) is 1. The Morgan fingerprint density at radius 1 is 1.29 bits per heavy atom. The van der Waals surface area contributed by atoms with Gasteiger partial charge in [-0.2, -0.15) is 0 Å². The van der Waals surface area contributed by atoms with Crippen molar-refractivity contribution in [2.75, 3.05) is 40.4 Å². The molecule has 1 aromatic rings. The molecule has 0 unspecified atom stereocenters. The van der Waals surface area contributed by atoms with E-state index < -0.39 is 5.97 Å². The van der Waals surface area contributed by atoms with Gasteiger partial charge >= 0.3 is 5.97 Å². The molecule has 0 saturated heterocycles. The van der Waals surface area contributed by atoms with Crippen LogP contribution in [0.15, 0.2) is 24.3 Å². The van der Waals surface area contributed by atoms with Crippen LogP contribution in [0, 0.1) is 0 Å². The summed E-state index contributed by atoms with van der Waals surface area (Å²) in [5.74, 6) is -1.19. The van der Waals surface area contributed by atoms with Crippen LogP contribution in [0.3, 0.4) is 0 Å². The van der Waals surface area contributed by atoms with Crippen LogP contribution in [0.4, 0.5) is 0 Å². The van der Waals surface area contributed by atoms with Gasteiger partial charge in [-0.05, 0) is 18.7 Å². The van der Waals surface area contributed by atoms with E-state index in [4.69, 9.17) is 9.84 Å². The van der Waals surface area contributed by atoms with Gasteiger partial charge in [0.1, 0.15) is 0 Å². The number of hydrogen-bond acceptors (Lipinski definition) is 4. The van der Waals surface area contributed by atoms with Crippen LogP contribution in [-0.4, -0.2) is 62.3 Å². The summed E-state index contributed by atoms with van der Waals surface area (Å²) in [6, 6.07) is 6.54. The Bertz CT molecular complexity index is 476. The molecule has 0 radical (unpaired) electrons. The van der Waals surface area contributed by atoms with Crippen molar-refractivity contribution in [1.82, 2.24) is 10.2 Å². The van der Waals surface area contributed by atoms with Crippen molar-refractivity contribution in [2.45, 2.75) is 6.42 Å². The van der Waals surface area contributed by atoms with Gasteiger partial charge in [0.25, 0.3) is 0 Å². The van der Waals surface area contributed by atoms with Crippen LogP contribution in [0.25, 0.3) is 0 Å². The third kappa shape index (κ3) is 6.37. The van der Waals surface area contributed by atoms with Gasteiger partial charge in [-0.25, -0.2) is 4.79 Å². The minimum Gasteiger partial charge on any atom is -0.478 e. The summed E-state index contributed by atoms with van der Waals surface area (Å²) >= 11 is 0. The van der Waals surface area contributed by atoms with E-state index in [9.17, 15) is 9.59 Å². The maximum Gasteiger partial charge on any atom is 0.335 e. The average Bonchev–Trinajstić information content (AvgIpc) is 2.45. The molecular formula is C15H22N2O4. The van der Waals surface area contributed by atoms with Gasteiger partial charge in [-0.1, -0.05) is 18.2 Å². The molecule has 1 amide bonds. The molecule has 0 bridgehead atoms. The van der Waals surface area contributed by atoms with Crippen molar-refractivity contribution in [3.63, 3.8) is 0 Å². The fraction of sp³-hybridized carbons (Fsp3) is 0.467. The second kappa shape index (κ2) is 9.10. The number of amides is 1. The van der Waals surface area contributed by atoms with Crippen molar-refractivity contribution in [2.24, 2.45) is 0 Å². The topological polar surface area (TPSA) is 78.9 Å². The van der Waals surface area contributed by atoms with E-state index in [1.165, 1.54) is 6.07 Å². The summed E-state index contributed by atoms with van der Waals surface area (Å²) in [6.45, 7) is 2.69. The summed E-state index contributed by atoms with van der Waals surface area (Å²) in [4.78, 5) is 24.9. The zero-order valence-corrected chi connectivity index (χ0v) is 12.5. The lowest BCUT2D eigenvalue weighted by Gasteiger charge is -2.16. The Morgan fingerprint density at radius 3 is 2.67 bits per heavy atom. The first kappa shape index (κ1) is 17.1. The Kier molecular flexibility index (Phi) is 7.42. The molecular weight excluding hydrogens is 272 g/mol. The summed E-state index contributed by atoms with van der Waals surface area (Å²) in [5, 5.41) is 11.8. The molecule has 0 spiro atoms. The number of hydrogen-bond donors (Lipinski definition) is 2. The summed E-state index contributed by atoms with van der Waals surface area (Å²) < 4.78 is 4.97. The van der Waals surface area contributed by atoms with Gasteiger partial charge in [-0.15, -0.1) is 0 Å². The first-order valence-electron chi connectivity index (χ1n) is 6.80. The highest BCUT2D eigenvalue weighted by atomic mass is 16.5. The minimum absolute atomic E-state index is 0.0737. The highest BCUT2D eigenvalue weighted by Crippen LogP contribution is 2.09. The number of carbonyl (C=O) groups excluding carboxylic acids is 1. The fourth-order valence-corrected chi connectivity index (χ4v) is 1.86. The molecule has 1 aromatic carbocycles. The molecule has 0 aliphatic rings. The monoisotopic (exact) mass is 294 g/mol. The Morgan fingerprint density at radius 2 is 2.00 bits per heavy atom. The Balaban J connectivity index is 2.39. The third-order valence-corrected chi connectivity index (χ3v) is 3.09. The van der Waals surface area contributed by atoms with Crippen LogP contribution in [-0.2, 0) is 16.0 Å². The first-order chi connectivity index (χ1) is 10.0. The van der Waals surface area contributed by atoms with E-state index in [2.05, 4.69) is 10.2 Å². The van der Waals surface area contributed by atoms with Gasteiger partial charge in [0.15, 0.2) is 0 Å². The lowest BCUT2D eigenvalue weighted by Crippen LogP contribution is -2.35. The first-order valence-corrected chi connectivity index (χ1v) is 6.80. The zero-order valence-electron chi connectivity index (χ0n) is 12.5. The summed E-state index contributed by atoms with van der Waals surface area (Å²) in [5.41, 5.74) is 0.695. The minimum atomic E-state index is -1.02. The lowest BCUT2D eigenvalue weighted by molar-refractivity contribution is -0.120. The predicted octanol–water partition coefficient (Wildman–Crippen LogP) is 0.622. The Labute approximate surface area is 124 Å². The molecule has 116 valence electrons. The molecule has 0 saturated carbocycles. The van der Waals surface area contributed by atoms with Crippen LogP contribution >= 0.6 is 0 Å². The number of carboxylic acid groups (broad SMARTS) is 1. The normalized spacial score (nSPS) is 10.6.